The molecule has 0 aliphatic carbocycles. The second-order valence-corrected chi connectivity index (χ2v) is 7.05. The van der Waals surface area contributed by atoms with E-state index in [0.717, 1.165) is 18.1 Å². The number of amides is 1. The van der Waals surface area contributed by atoms with Crippen LogP contribution in [0.1, 0.15) is 23.0 Å². The summed E-state index contributed by atoms with van der Waals surface area (Å²) < 4.78 is 5.23. The molecule has 3 heterocycles. The number of hydrogen-bond donors (Lipinski definition) is 0. The van der Waals surface area contributed by atoms with Crippen LogP contribution in [0.4, 0.5) is 17.5 Å². The number of anilines is 3. The minimum Gasteiger partial charge on any atom is -0.459 e. The van der Waals surface area contributed by atoms with Crippen LogP contribution in [0.25, 0.3) is 0 Å². The van der Waals surface area contributed by atoms with E-state index in [1.165, 1.54) is 11.8 Å². The highest BCUT2D eigenvalue weighted by atomic mass is 16.3. The van der Waals surface area contributed by atoms with E-state index in [0.29, 0.717) is 37.9 Å². The Kier molecular flexibility index (Phi) is 5.46. The molecule has 150 valence electrons. The number of carbonyl (C=O) groups is 1. The van der Waals surface area contributed by atoms with Crippen LogP contribution >= 0.6 is 0 Å². The van der Waals surface area contributed by atoms with Gasteiger partial charge in [-0.25, -0.2) is 4.98 Å². The SMILES string of the molecule is CCN(c1cccc(C)c1)c1ccnc(N2CCN(C(=O)c3ccco3)CC2)n1. The monoisotopic (exact) mass is 391 g/mol. The Balaban J connectivity index is 1.47. The fourth-order valence-corrected chi connectivity index (χ4v) is 3.58. The molecule has 0 spiro atoms. The Morgan fingerprint density at radius 1 is 1.14 bits per heavy atom. The fourth-order valence-electron chi connectivity index (χ4n) is 3.58. The molecule has 7 heteroatoms. The van der Waals surface area contributed by atoms with E-state index in [1.807, 2.05) is 11.0 Å². The first-order chi connectivity index (χ1) is 14.2. The summed E-state index contributed by atoms with van der Waals surface area (Å²) in [5, 5.41) is 0. The Morgan fingerprint density at radius 3 is 2.66 bits per heavy atom. The quantitative estimate of drug-likeness (QED) is 0.663. The van der Waals surface area contributed by atoms with Gasteiger partial charge in [0.25, 0.3) is 5.91 Å². The maximum Gasteiger partial charge on any atom is 0.289 e. The van der Waals surface area contributed by atoms with Gasteiger partial charge in [0.15, 0.2) is 5.76 Å². The van der Waals surface area contributed by atoms with Crippen molar-refractivity contribution in [2.45, 2.75) is 13.8 Å². The minimum atomic E-state index is -0.0686. The maximum absolute atomic E-state index is 12.4. The summed E-state index contributed by atoms with van der Waals surface area (Å²) in [6.07, 6.45) is 3.33. The smallest absolute Gasteiger partial charge is 0.289 e. The lowest BCUT2D eigenvalue weighted by Crippen LogP contribution is -2.49. The van der Waals surface area contributed by atoms with Crippen molar-refractivity contribution in [2.24, 2.45) is 0 Å². The average Bonchev–Trinajstić information content (AvgIpc) is 3.29. The van der Waals surface area contributed by atoms with Crippen LogP contribution in [0.5, 0.6) is 0 Å². The van der Waals surface area contributed by atoms with Crippen molar-refractivity contribution in [1.82, 2.24) is 14.9 Å². The molecule has 1 saturated heterocycles. The number of carbonyl (C=O) groups excluding carboxylic acids is 1. The van der Waals surface area contributed by atoms with Crippen LogP contribution in [0.3, 0.4) is 0 Å². The normalized spacial score (nSPS) is 14.1. The van der Waals surface area contributed by atoms with Crippen LogP contribution < -0.4 is 9.80 Å². The highest BCUT2D eigenvalue weighted by molar-refractivity contribution is 5.91. The standard InChI is InChI=1S/C22H25N5O2/c1-3-27(18-7-4-6-17(2)16-18)20-9-10-23-22(24-20)26-13-11-25(12-14-26)21(28)19-8-5-15-29-19/h4-10,15-16H,3,11-14H2,1-2H3. The first-order valence-electron chi connectivity index (χ1n) is 9.90. The van der Waals surface area contributed by atoms with E-state index in [-0.39, 0.29) is 5.91 Å². The van der Waals surface area contributed by atoms with Gasteiger partial charge in [0, 0.05) is 44.6 Å². The highest BCUT2D eigenvalue weighted by Gasteiger charge is 2.25. The number of benzene rings is 1. The number of nitrogens with zero attached hydrogens (tertiary/aromatic N) is 5. The number of aryl methyl sites for hydroxylation is 1. The molecular weight excluding hydrogens is 366 g/mol. The summed E-state index contributed by atoms with van der Waals surface area (Å²) in [6, 6.07) is 13.8. The van der Waals surface area contributed by atoms with Gasteiger partial charge in [0.05, 0.1) is 6.26 Å². The van der Waals surface area contributed by atoms with Crippen LogP contribution in [-0.4, -0.2) is 53.5 Å². The number of aromatic nitrogens is 2. The van der Waals surface area contributed by atoms with E-state index >= 15 is 0 Å². The van der Waals surface area contributed by atoms with E-state index in [9.17, 15) is 4.79 Å². The third-order valence-electron chi connectivity index (χ3n) is 5.12. The fraction of sp³-hybridized carbons (Fsp3) is 0.318. The number of hydrogen-bond acceptors (Lipinski definition) is 6. The first-order valence-corrected chi connectivity index (χ1v) is 9.90. The molecule has 29 heavy (non-hydrogen) atoms. The highest BCUT2D eigenvalue weighted by Crippen LogP contribution is 2.25. The minimum absolute atomic E-state index is 0.0686. The summed E-state index contributed by atoms with van der Waals surface area (Å²) in [6.45, 7) is 7.62. The second-order valence-electron chi connectivity index (χ2n) is 7.05. The van der Waals surface area contributed by atoms with Crippen molar-refractivity contribution >= 4 is 23.4 Å². The molecule has 3 aromatic rings. The van der Waals surface area contributed by atoms with Crippen LogP contribution in [-0.2, 0) is 0 Å². The van der Waals surface area contributed by atoms with Gasteiger partial charge in [-0.3, -0.25) is 4.79 Å². The molecule has 1 fully saturated rings. The predicted molar refractivity (Wildman–Crippen MR) is 113 cm³/mol. The first kappa shape index (κ1) is 19.0. The van der Waals surface area contributed by atoms with Crippen molar-refractivity contribution in [1.29, 1.82) is 0 Å². The molecular formula is C22H25N5O2. The Bertz CT molecular complexity index is 965. The molecule has 0 bridgehead atoms. The lowest BCUT2D eigenvalue weighted by Gasteiger charge is -2.34. The van der Waals surface area contributed by atoms with Gasteiger partial charge >= 0.3 is 0 Å². The average molecular weight is 391 g/mol. The van der Waals surface area contributed by atoms with Crippen LogP contribution in [0.15, 0.2) is 59.3 Å². The van der Waals surface area contributed by atoms with Crippen molar-refractivity contribution < 1.29 is 9.21 Å². The van der Waals surface area contributed by atoms with Crippen molar-refractivity contribution in [3.05, 3.63) is 66.2 Å². The summed E-state index contributed by atoms with van der Waals surface area (Å²) in [4.78, 5) is 27.8. The predicted octanol–water partition coefficient (Wildman–Crippen LogP) is 3.50. The largest absolute Gasteiger partial charge is 0.459 e. The number of furan rings is 1. The summed E-state index contributed by atoms with van der Waals surface area (Å²) in [5.41, 5.74) is 2.33. The molecule has 0 unspecified atom stereocenters. The molecule has 7 nitrogen and oxygen atoms in total. The lowest BCUT2D eigenvalue weighted by molar-refractivity contribution is 0.0714. The molecule has 0 radical (unpaired) electrons. The molecule has 1 aliphatic heterocycles. The zero-order valence-corrected chi connectivity index (χ0v) is 16.8. The molecule has 1 aromatic carbocycles. The summed E-state index contributed by atoms with van der Waals surface area (Å²) in [7, 11) is 0. The van der Waals surface area contributed by atoms with Gasteiger partial charge in [0.1, 0.15) is 5.82 Å². The molecule has 4 rings (SSSR count). The van der Waals surface area contributed by atoms with Crippen molar-refractivity contribution in [3.8, 4) is 0 Å². The zero-order valence-electron chi connectivity index (χ0n) is 16.8. The van der Waals surface area contributed by atoms with E-state index in [1.54, 1.807) is 18.3 Å². The van der Waals surface area contributed by atoms with E-state index in [2.05, 4.69) is 52.9 Å². The van der Waals surface area contributed by atoms with Gasteiger partial charge in [-0.15, -0.1) is 0 Å². The van der Waals surface area contributed by atoms with Gasteiger partial charge in [0.2, 0.25) is 5.95 Å². The number of piperazine rings is 1. The lowest BCUT2D eigenvalue weighted by atomic mass is 10.2. The van der Waals surface area contributed by atoms with Crippen LogP contribution in [0, 0.1) is 6.92 Å². The summed E-state index contributed by atoms with van der Waals surface area (Å²) in [5.74, 6) is 1.88. The molecule has 1 amide bonds. The van der Waals surface area contributed by atoms with E-state index < -0.39 is 0 Å². The molecule has 0 atom stereocenters. The van der Waals surface area contributed by atoms with Gasteiger partial charge in [-0.2, -0.15) is 4.98 Å². The van der Waals surface area contributed by atoms with Gasteiger partial charge < -0.3 is 19.1 Å². The molecule has 1 aliphatic rings. The van der Waals surface area contributed by atoms with Crippen LogP contribution in [0.2, 0.25) is 0 Å². The third-order valence-corrected chi connectivity index (χ3v) is 5.12. The molecule has 0 N–H and O–H groups in total. The zero-order chi connectivity index (χ0) is 20.2. The van der Waals surface area contributed by atoms with Crippen molar-refractivity contribution in [2.75, 3.05) is 42.5 Å². The Morgan fingerprint density at radius 2 is 1.97 bits per heavy atom. The maximum atomic E-state index is 12.4. The third kappa shape index (κ3) is 4.08. The van der Waals surface area contributed by atoms with Gasteiger partial charge in [-0.05, 0) is 49.7 Å². The topological polar surface area (TPSA) is 65.7 Å². The molecule has 0 saturated carbocycles. The Labute approximate surface area is 170 Å². The summed E-state index contributed by atoms with van der Waals surface area (Å²) >= 11 is 0. The number of rotatable bonds is 5. The second kappa shape index (κ2) is 8.34. The molecule has 2 aromatic heterocycles. The van der Waals surface area contributed by atoms with Crippen molar-refractivity contribution in [3.63, 3.8) is 0 Å². The van der Waals surface area contributed by atoms with Gasteiger partial charge in [-0.1, -0.05) is 12.1 Å². The Hall–Kier alpha value is -3.35. The van der Waals surface area contributed by atoms with E-state index in [4.69, 9.17) is 9.40 Å².